The average molecular weight is 438 g/mol. The maximum atomic E-state index is 12.7. The number of carbonyl (C=O) groups is 1. The topological polar surface area (TPSA) is 159 Å². The second-order valence-electron chi connectivity index (χ2n) is 6.19. The van der Waals surface area contributed by atoms with E-state index in [4.69, 9.17) is 19.9 Å². The summed E-state index contributed by atoms with van der Waals surface area (Å²) in [5.41, 5.74) is 5.25. The van der Waals surface area contributed by atoms with E-state index < -0.39 is 15.9 Å². The number of ether oxygens (including phenoxy) is 3. The molecule has 2 aromatic rings. The molecule has 0 aliphatic carbocycles. The summed E-state index contributed by atoms with van der Waals surface area (Å²) in [5.74, 6) is -0.0737. The number of hydrogen-bond donors (Lipinski definition) is 2. The Labute approximate surface area is 173 Å². The molecule has 3 rings (SSSR count). The van der Waals surface area contributed by atoms with Crippen LogP contribution in [0.4, 0.5) is 5.95 Å². The number of carbonyl (C=O) groups excluding carboxylic acids is 1. The van der Waals surface area contributed by atoms with Gasteiger partial charge in [-0.25, -0.2) is 13.1 Å². The number of rotatable bonds is 8. The lowest BCUT2D eigenvalue weighted by Crippen LogP contribution is -2.37. The van der Waals surface area contributed by atoms with Crippen molar-refractivity contribution in [2.24, 2.45) is 5.73 Å². The molecule has 3 N–H and O–H groups in total. The average Bonchev–Trinajstić information content (AvgIpc) is 2.77. The Bertz CT molecular complexity index is 1030. The van der Waals surface area contributed by atoms with Gasteiger partial charge in [-0.3, -0.25) is 4.79 Å². The van der Waals surface area contributed by atoms with Gasteiger partial charge in [-0.2, -0.15) is 15.0 Å². The molecule has 2 heterocycles. The summed E-state index contributed by atoms with van der Waals surface area (Å²) in [6.07, 6.45) is 0. The zero-order chi connectivity index (χ0) is 21.7. The van der Waals surface area contributed by atoms with Gasteiger partial charge in [0, 0.05) is 13.1 Å². The minimum absolute atomic E-state index is 0.0446. The number of morpholine rings is 1. The highest BCUT2D eigenvalue weighted by Crippen LogP contribution is 2.22. The molecule has 1 aromatic carbocycles. The number of aromatic nitrogens is 3. The number of methoxy groups -OCH3 is 2. The van der Waals surface area contributed by atoms with Gasteiger partial charge in [0.05, 0.1) is 44.4 Å². The number of nitrogens with zero attached hydrogens (tertiary/aromatic N) is 4. The molecule has 0 saturated carbocycles. The number of benzene rings is 1. The molecule has 1 amide bonds. The lowest BCUT2D eigenvalue weighted by Gasteiger charge is -2.26. The van der Waals surface area contributed by atoms with Crippen LogP contribution in [0.25, 0.3) is 0 Å². The van der Waals surface area contributed by atoms with Gasteiger partial charge < -0.3 is 24.8 Å². The van der Waals surface area contributed by atoms with Crippen molar-refractivity contribution in [1.29, 1.82) is 0 Å². The van der Waals surface area contributed by atoms with Crippen molar-refractivity contribution in [3.05, 3.63) is 29.6 Å². The standard InChI is InChI=1S/C17H22N6O6S/c1-27-13-4-3-11(9-12(13)15(18)24)30(25,26)19-10-14-20-16(22-17(21-14)28-2)23-5-7-29-8-6-23/h3-4,9,19H,5-8,10H2,1-2H3,(H2,18,24). The van der Waals surface area contributed by atoms with Crippen LogP contribution in [0.1, 0.15) is 16.2 Å². The van der Waals surface area contributed by atoms with Crippen molar-refractivity contribution in [3.8, 4) is 11.8 Å². The van der Waals surface area contributed by atoms with E-state index in [2.05, 4.69) is 19.7 Å². The zero-order valence-corrected chi connectivity index (χ0v) is 17.3. The van der Waals surface area contributed by atoms with Crippen LogP contribution >= 0.6 is 0 Å². The van der Waals surface area contributed by atoms with Crippen molar-refractivity contribution >= 4 is 21.9 Å². The number of anilines is 1. The smallest absolute Gasteiger partial charge is 0.321 e. The minimum Gasteiger partial charge on any atom is -0.496 e. The highest BCUT2D eigenvalue weighted by atomic mass is 32.2. The third-order valence-corrected chi connectivity index (χ3v) is 5.69. The molecule has 0 spiro atoms. The Kier molecular flexibility index (Phi) is 6.64. The van der Waals surface area contributed by atoms with E-state index >= 15 is 0 Å². The van der Waals surface area contributed by atoms with Crippen LogP contribution in [0, 0.1) is 0 Å². The number of nitrogens with one attached hydrogen (secondary N) is 1. The fourth-order valence-electron chi connectivity index (χ4n) is 2.75. The van der Waals surface area contributed by atoms with Gasteiger partial charge in [0.25, 0.3) is 5.91 Å². The second kappa shape index (κ2) is 9.19. The summed E-state index contributed by atoms with van der Waals surface area (Å²) in [6, 6.07) is 3.88. The third-order valence-electron chi connectivity index (χ3n) is 4.29. The van der Waals surface area contributed by atoms with Crippen molar-refractivity contribution in [3.63, 3.8) is 0 Å². The highest BCUT2D eigenvalue weighted by Gasteiger charge is 2.21. The first-order valence-corrected chi connectivity index (χ1v) is 10.4. The molecule has 13 heteroatoms. The van der Waals surface area contributed by atoms with Crippen LogP contribution in [-0.4, -0.2) is 69.8 Å². The molecule has 30 heavy (non-hydrogen) atoms. The Hall–Kier alpha value is -3.03. The summed E-state index contributed by atoms with van der Waals surface area (Å²) in [7, 11) is -1.22. The van der Waals surface area contributed by atoms with E-state index in [0.717, 1.165) is 6.07 Å². The molecule has 0 bridgehead atoms. The van der Waals surface area contributed by atoms with Crippen LogP contribution in [-0.2, 0) is 21.3 Å². The minimum atomic E-state index is -3.98. The van der Waals surface area contributed by atoms with E-state index in [1.165, 1.54) is 26.4 Å². The Morgan fingerprint density at radius 1 is 1.20 bits per heavy atom. The highest BCUT2D eigenvalue weighted by molar-refractivity contribution is 7.89. The maximum absolute atomic E-state index is 12.7. The molecule has 1 saturated heterocycles. The fraction of sp³-hybridized carbons (Fsp3) is 0.412. The van der Waals surface area contributed by atoms with Crippen LogP contribution in [0.3, 0.4) is 0 Å². The first kappa shape index (κ1) is 21.7. The molecule has 12 nitrogen and oxygen atoms in total. The van der Waals surface area contributed by atoms with E-state index in [1.807, 2.05) is 4.90 Å². The Morgan fingerprint density at radius 2 is 1.93 bits per heavy atom. The third kappa shape index (κ3) is 4.93. The van der Waals surface area contributed by atoms with E-state index in [9.17, 15) is 13.2 Å². The predicted octanol–water partition coefficient (Wildman–Crippen LogP) is -0.697. The Balaban J connectivity index is 1.81. The monoisotopic (exact) mass is 438 g/mol. The first-order valence-electron chi connectivity index (χ1n) is 8.93. The van der Waals surface area contributed by atoms with Crippen LogP contribution < -0.4 is 24.8 Å². The molecule has 162 valence electrons. The quantitative estimate of drug-likeness (QED) is 0.540. The zero-order valence-electron chi connectivity index (χ0n) is 16.5. The van der Waals surface area contributed by atoms with Gasteiger partial charge in [0.15, 0.2) is 5.82 Å². The van der Waals surface area contributed by atoms with Gasteiger partial charge in [0.1, 0.15) is 5.75 Å². The normalized spacial score (nSPS) is 14.4. The van der Waals surface area contributed by atoms with Gasteiger partial charge in [-0.15, -0.1) is 0 Å². The van der Waals surface area contributed by atoms with E-state index in [-0.39, 0.29) is 34.6 Å². The molecule has 0 radical (unpaired) electrons. The van der Waals surface area contributed by atoms with Crippen molar-refractivity contribution in [2.45, 2.75) is 11.4 Å². The largest absolute Gasteiger partial charge is 0.496 e. The molecular weight excluding hydrogens is 416 g/mol. The van der Waals surface area contributed by atoms with Crippen LogP contribution in [0.5, 0.6) is 11.8 Å². The summed E-state index contributed by atoms with van der Waals surface area (Å²) < 4.78 is 43.2. The first-order chi connectivity index (χ1) is 14.3. The molecule has 1 aliphatic heterocycles. The van der Waals surface area contributed by atoms with Crippen LogP contribution in [0.15, 0.2) is 23.1 Å². The van der Waals surface area contributed by atoms with Gasteiger partial charge in [-0.05, 0) is 18.2 Å². The van der Waals surface area contributed by atoms with Gasteiger partial charge in [0.2, 0.25) is 16.0 Å². The lowest BCUT2D eigenvalue weighted by molar-refractivity contribution is 0.0997. The maximum Gasteiger partial charge on any atom is 0.321 e. The van der Waals surface area contributed by atoms with Crippen molar-refractivity contribution < 1.29 is 27.4 Å². The Morgan fingerprint density at radius 3 is 2.57 bits per heavy atom. The lowest BCUT2D eigenvalue weighted by atomic mass is 10.2. The molecule has 1 aromatic heterocycles. The van der Waals surface area contributed by atoms with Gasteiger partial charge in [-0.1, -0.05) is 0 Å². The summed E-state index contributed by atoms with van der Waals surface area (Å²) in [6.45, 7) is 2.06. The number of hydrogen-bond acceptors (Lipinski definition) is 10. The number of sulfonamides is 1. The molecule has 0 unspecified atom stereocenters. The predicted molar refractivity (Wildman–Crippen MR) is 105 cm³/mol. The molecule has 1 aliphatic rings. The number of amides is 1. The number of nitrogens with two attached hydrogens (primary N) is 1. The summed E-state index contributed by atoms with van der Waals surface area (Å²) in [4.78, 5) is 25.9. The summed E-state index contributed by atoms with van der Waals surface area (Å²) in [5, 5.41) is 0. The van der Waals surface area contributed by atoms with Crippen LogP contribution in [0.2, 0.25) is 0 Å². The fourth-order valence-corrected chi connectivity index (χ4v) is 3.76. The van der Waals surface area contributed by atoms with E-state index in [0.29, 0.717) is 32.3 Å². The molecular formula is C17H22N6O6S. The van der Waals surface area contributed by atoms with Gasteiger partial charge >= 0.3 is 6.01 Å². The van der Waals surface area contributed by atoms with Crippen molar-refractivity contribution in [1.82, 2.24) is 19.7 Å². The van der Waals surface area contributed by atoms with Crippen molar-refractivity contribution in [2.75, 3.05) is 45.4 Å². The SMILES string of the molecule is COc1nc(CNS(=O)(=O)c2ccc(OC)c(C(N)=O)c2)nc(N2CCOCC2)n1. The molecule has 1 fully saturated rings. The number of primary amides is 1. The van der Waals surface area contributed by atoms with E-state index in [1.54, 1.807) is 0 Å². The molecule has 0 atom stereocenters. The second-order valence-corrected chi connectivity index (χ2v) is 7.96. The summed E-state index contributed by atoms with van der Waals surface area (Å²) >= 11 is 0.